The van der Waals surface area contributed by atoms with E-state index in [9.17, 15) is 9.90 Å². The first-order valence-corrected chi connectivity index (χ1v) is 10.1. The van der Waals surface area contributed by atoms with Gasteiger partial charge in [-0.15, -0.1) is 11.3 Å². The fraction of sp³-hybridized carbons (Fsp3) is 0.0952. The number of aliphatic hydroxyl groups is 1. The molecule has 2 aromatic carbocycles. The predicted octanol–water partition coefficient (Wildman–Crippen LogP) is 4.63. The Hall–Kier alpha value is -2.47. The number of carbonyl (C=O) groups excluding carboxylic acids is 1. The third-order valence-corrected chi connectivity index (χ3v) is 6.17. The Morgan fingerprint density at radius 3 is 2.62 bits per heavy atom. The van der Waals surface area contributed by atoms with Gasteiger partial charge in [0, 0.05) is 16.0 Å². The zero-order valence-electron chi connectivity index (χ0n) is 13.9. The summed E-state index contributed by atoms with van der Waals surface area (Å²) in [6.07, 6.45) is 0. The SMILES string of the molecule is O=C(NC[C@](O)(c1ccsc1)c1cccs1)c1cccc2ccccc12. The van der Waals surface area contributed by atoms with Gasteiger partial charge in [-0.3, -0.25) is 4.79 Å². The van der Waals surface area contributed by atoms with Crippen LogP contribution in [0.2, 0.25) is 0 Å². The first-order valence-electron chi connectivity index (χ1n) is 8.23. The summed E-state index contributed by atoms with van der Waals surface area (Å²) >= 11 is 3.01. The summed E-state index contributed by atoms with van der Waals surface area (Å²) in [7, 11) is 0. The van der Waals surface area contributed by atoms with Crippen molar-refractivity contribution in [2.75, 3.05) is 6.54 Å². The van der Waals surface area contributed by atoms with Crippen LogP contribution in [0.3, 0.4) is 0 Å². The van der Waals surface area contributed by atoms with Crippen LogP contribution in [0.4, 0.5) is 0 Å². The van der Waals surface area contributed by atoms with Crippen LogP contribution in [0.25, 0.3) is 10.8 Å². The molecule has 0 saturated carbocycles. The van der Waals surface area contributed by atoms with Crippen molar-refractivity contribution in [2.24, 2.45) is 0 Å². The highest BCUT2D eigenvalue weighted by atomic mass is 32.1. The fourth-order valence-corrected chi connectivity index (χ4v) is 4.64. The molecule has 1 atom stereocenters. The van der Waals surface area contributed by atoms with Gasteiger partial charge in [-0.05, 0) is 45.1 Å². The van der Waals surface area contributed by atoms with Crippen molar-refractivity contribution >= 4 is 39.4 Å². The number of fused-ring (bicyclic) bond motifs is 1. The van der Waals surface area contributed by atoms with Gasteiger partial charge in [-0.25, -0.2) is 0 Å². The number of rotatable bonds is 5. The van der Waals surface area contributed by atoms with Crippen molar-refractivity contribution in [2.45, 2.75) is 5.60 Å². The van der Waals surface area contributed by atoms with Crippen molar-refractivity contribution in [3.63, 3.8) is 0 Å². The second kappa shape index (κ2) is 7.03. The van der Waals surface area contributed by atoms with E-state index in [1.165, 1.54) is 22.7 Å². The molecule has 4 rings (SSSR count). The molecule has 5 heteroatoms. The summed E-state index contributed by atoms with van der Waals surface area (Å²) in [5.74, 6) is -0.188. The van der Waals surface area contributed by atoms with Crippen molar-refractivity contribution in [3.05, 3.63) is 92.8 Å². The molecule has 0 aliphatic carbocycles. The predicted molar refractivity (Wildman–Crippen MR) is 108 cm³/mol. The number of hydrogen-bond acceptors (Lipinski definition) is 4. The van der Waals surface area contributed by atoms with E-state index in [4.69, 9.17) is 0 Å². The van der Waals surface area contributed by atoms with Crippen LogP contribution < -0.4 is 5.32 Å². The number of nitrogens with one attached hydrogen (secondary N) is 1. The molecule has 3 nitrogen and oxygen atoms in total. The third kappa shape index (κ3) is 3.05. The fourth-order valence-electron chi connectivity index (χ4n) is 3.07. The maximum absolute atomic E-state index is 12.8. The lowest BCUT2D eigenvalue weighted by atomic mass is 9.94. The van der Waals surface area contributed by atoms with E-state index in [0.717, 1.165) is 21.2 Å². The molecule has 0 fully saturated rings. The minimum atomic E-state index is -1.23. The van der Waals surface area contributed by atoms with Gasteiger partial charge in [0.2, 0.25) is 0 Å². The number of thiophene rings is 2. The lowest BCUT2D eigenvalue weighted by Crippen LogP contribution is -2.41. The maximum Gasteiger partial charge on any atom is 0.252 e. The van der Waals surface area contributed by atoms with Gasteiger partial charge in [0.15, 0.2) is 0 Å². The van der Waals surface area contributed by atoms with Gasteiger partial charge in [0.05, 0.1) is 6.54 Å². The molecular formula is C21H17NO2S2. The Labute approximate surface area is 159 Å². The Balaban J connectivity index is 1.63. The van der Waals surface area contributed by atoms with E-state index >= 15 is 0 Å². The second-order valence-electron chi connectivity index (χ2n) is 6.06. The first kappa shape index (κ1) is 17.0. The van der Waals surface area contributed by atoms with E-state index < -0.39 is 5.60 Å². The zero-order valence-corrected chi connectivity index (χ0v) is 15.5. The number of benzene rings is 2. The minimum Gasteiger partial charge on any atom is -0.378 e. The molecule has 0 spiro atoms. The van der Waals surface area contributed by atoms with Gasteiger partial charge >= 0.3 is 0 Å². The Morgan fingerprint density at radius 2 is 1.85 bits per heavy atom. The smallest absolute Gasteiger partial charge is 0.252 e. The molecular weight excluding hydrogens is 362 g/mol. The van der Waals surface area contributed by atoms with Crippen LogP contribution in [-0.2, 0) is 5.60 Å². The van der Waals surface area contributed by atoms with Crippen molar-refractivity contribution in [1.82, 2.24) is 5.32 Å². The van der Waals surface area contributed by atoms with E-state index in [2.05, 4.69) is 5.32 Å². The normalized spacial score (nSPS) is 13.4. The lowest BCUT2D eigenvalue weighted by Gasteiger charge is -2.27. The van der Waals surface area contributed by atoms with Crippen molar-refractivity contribution in [3.8, 4) is 0 Å². The standard InChI is InChI=1S/C21H17NO2S2/c23-20(18-8-3-6-15-5-1-2-7-17(15)18)22-14-21(24,16-10-12-25-13-16)19-9-4-11-26-19/h1-13,24H,14H2,(H,22,23)/t21-/m0/s1. The summed E-state index contributed by atoms with van der Waals surface area (Å²) in [6, 6.07) is 19.2. The maximum atomic E-state index is 12.8. The summed E-state index contributed by atoms with van der Waals surface area (Å²) in [6.45, 7) is 0.117. The summed E-state index contributed by atoms with van der Waals surface area (Å²) in [5, 5.41) is 22.0. The highest BCUT2D eigenvalue weighted by molar-refractivity contribution is 7.10. The van der Waals surface area contributed by atoms with Crippen LogP contribution in [0.5, 0.6) is 0 Å². The molecule has 2 aromatic heterocycles. The van der Waals surface area contributed by atoms with Gasteiger partial charge in [0.1, 0.15) is 5.60 Å². The number of hydrogen-bond donors (Lipinski definition) is 2. The summed E-state index contributed by atoms with van der Waals surface area (Å²) < 4.78 is 0. The minimum absolute atomic E-state index is 0.117. The van der Waals surface area contributed by atoms with Crippen LogP contribution in [0.15, 0.2) is 76.8 Å². The molecule has 2 heterocycles. The van der Waals surface area contributed by atoms with Gasteiger partial charge in [-0.1, -0.05) is 42.5 Å². The van der Waals surface area contributed by atoms with Gasteiger partial charge in [0.25, 0.3) is 5.91 Å². The largest absolute Gasteiger partial charge is 0.378 e. The third-order valence-electron chi connectivity index (χ3n) is 4.47. The summed E-state index contributed by atoms with van der Waals surface area (Å²) in [4.78, 5) is 13.6. The molecule has 26 heavy (non-hydrogen) atoms. The molecule has 0 radical (unpaired) electrons. The molecule has 2 N–H and O–H groups in total. The average Bonchev–Trinajstić information content (AvgIpc) is 3.39. The molecule has 130 valence electrons. The van der Waals surface area contributed by atoms with Crippen LogP contribution in [0, 0.1) is 0 Å². The van der Waals surface area contributed by atoms with Crippen LogP contribution in [0.1, 0.15) is 20.8 Å². The van der Waals surface area contributed by atoms with E-state index in [1.54, 1.807) is 0 Å². The average molecular weight is 380 g/mol. The molecule has 0 saturated heterocycles. The van der Waals surface area contributed by atoms with Crippen LogP contribution >= 0.6 is 22.7 Å². The molecule has 0 aliphatic heterocycles. The monoisotopic (exact) mass is 379 g/mol. The number of carbonyl (C=O) groups is 1. The first-order chi connectivity index (χ1) is 12.7. The lowest BCUT2D eigenvalue weighted by molar-refractivity contribution is 0.0722. The Bertz CT molecular complexity index is 984. The highest BCUT2D eigenvalue weighted by Crippen LogP contribution is 2.33. The molecule has 0 unspecified atom stereocenters. The molecule has 0 bridgehead atoms. The Morgan fingerprint density at radius 1 is 1.00 bits per heavy atom. The second-order valence-corrected chi connectivity index (χ2v) is 7.79. The van der Waals surface area contributed by atoms with Crippen molar-refractivity contribution < 1.29 is 9.90 Å². The van der Waals surface area contributed by atoms with Crippen LogP contribution in [-0.4, -0.2) is 17.6 Å². The molecule has 1 amide bonds. The van der Waals surface area contributed by atoms with Gasteiger partial charge in [-0.2, -0.15) is 11.3 Å². The quantitative estimate of drug-likeness (QED) is 0.531. The van der Waals surface area contributed by atoms with Gasteiger partial charge < -0.3 is 10.4 Å². The molecule has 0 aliphatic rings. The number of amides is 1. The molecule has 4 aromatic rings. The summed E-state index contributed by atoms with van der Waals surface area (Å²) in [5.41, 5.74) is 0.180. The highest BCUT2D eigenvalue weighted by Gasteiger charge is 2.33. The van der Waals surface area contributed by atoms with E-state index in [1.807, 2.05) is 76.8 Å². The van der Waals surface area contributed by atoms with Crippen molar-refractivity contribution in [1.29, 1.82) is 0 Å². The topological polar surface area (TPSA) is 49.3 Å². The van der Waals surface area contributed by atoms with E-state index in [0.29, 0.717) is 5.56 Å². The van der Waals surface area contributed by atoms with E-state index in [-0.39, 0.29) is 12.5 Å². The zero-order chi connectivity index (χ0) is 18.0. The Kier molecular flexibility index (Phi) is 4.59.